The van der Waals surface area contributed by atoms with Crippen LogP contribution in [0.4, 0.5) is 17.1 Å². The van der Waals surface area contributed by atoms with Crippen molar-refractivity contribution in [3.63, 3.8) is 0 Å². The van der Waals surface area contributed by atoms with Gasteiger partial charge in [0.25, 0.3) is 5.69 Å². The number of nitrogens with zero attached hydrogens (tertiary/aromatic N) is 1. The van der Waals surface area contributed by atoms with Gasteiger partial charge in [0.1, 0.15) is 0 Å². The first-order valence-electron chi connectivity index (χ1n) is 6.08. The first-order valence-corrected chi connectivity index (χ1v) is 6.87. The van der Waals surface area contributed by atoms with Crippen LogP contribution in [0.3, 0.4) is 0 Å². The van der Waals surface area contributed by atoms with E-state index in [-0.39, 0.29) is 18.1 Å². The molecule has 21 heavy (non-hydrogen) atoms. The van der Waals surface area contributed by atoms with Gasteiger partial charge in [-0.05, 0) is 30.3 Å². The average molecular weight is 350 g/mol. The van der Waals surface area contributed by atoms with Gasteiger partial charge in [0.2, 0.25) is 5.91 Å². The van der Waals surface area contributed by atoms with Gasteiger partial charge in [-0.3, -0.25) is 14.9 Å². The summed E-state index contributed by atoms with van der Waals surface area (Å²) in [6.45, 7) is 0.0737. The minimum atomic E-state index is -0.469. The lowest BCUT2D eigenvalue weighted by atomic mass is 10.3. The van der Waals surface area contributed by atoms with E-state index in [1.807, 2.05) is 12.1 Å². The van der Waals surface area contributed by atoms with Crippen molar-refractivity contribution < 1.29 is 9.72 Å². The van der Waals surface area contributed by atoms with E-state index in [4.69, 9.17) is 0 Å². The molecule has 6 nitrogen and oxygen atoms in total. The summed E-state index contributed by atoms with van der Waals surface area (Å²) in [5.41, 5.74) is 1.35. The topological polar surface area (TPSA) is 84.3 Å². The monoisotopic (exact) mass is 349 g/mol. The second-order valence-electron chi connectivity index (χ2n) is 4.22. The third-order valence-corrected chi connectivity index (χ3v) is 3.13. The van der Waals surface area contributed by atoms with Crippen LogP contribution in [-0.2, 0) is 4.79 Å². The van der Waals surface area contributed by atoms with Crippen LogP contribution >= 0.6 is 15.9 Å². The van der Waals surface area contributed by atoms with E-state index in [1.54, 1.807) is 24.3 Å². The Morgan fingerprint density at radius 2 is 1.86 bits per heavy atom. The summed E-state index contributed by atoms with van der Waals surface area (Å²) in [7, 11) is 0. The number of nitro groups is 1. The number of hydrogen-bond donors (Lipinski definition) is 2. The van der Waals surface area contributed by atoms with Crippen LogP contribution in [0.25, 0.3) is 0 Å². The normalized spacial score (nSPS) is 9.95. The third kappa shape index (κ3) is 4.57. The van der Waals surface area contributed by atoms with Crippen LogP contribution in [0.2, 0.25) is 0 Å². The van der Waals surface area contributed by atoms with E-state index in [1.165, 1.54) is 12.1 Å². The second kappa shape index (κ2) is 6.85. The molecule has 0 saturated heterocycles. The van der Waals surface area contributed by atoms with Crippen LogP contribution in [0, 0.1) is 10.1 Å². The summed E-state index contributed by atoms with van der Waals surface area (Å²) < 4.78 is 0.878. The predicted octanol–water partition coefficient (Wildman–Crippen LogP) is 3.41. The number of nitro benzene ring substituents is 1. The van der Waals surface area contributed by atoms with Crippen molar-refractivity contribution in [3.05, 3.63) is 63.1 Å². The number of halogens is 1. The fraction of sp³-hybridized carbons (Fsp3) is 0.0714. The molecule has 0 aliphatic carbocycles. The van der Waals surface area contributed by atoms with Gasteiger partial charge in [-0.25, -0.2) is 0 Å². The number of benzene rings is 2. The van der Waals surface area contributed by atoms with Crippen molar-refractivity contribution in [2.24, 2.45) is 0 Å². The Bertz CT molecular complexity index is 659. The molecule has 0 aliphatic rings. The van der Waals surface area contributed by atoms with Crippen molar-refractivity contribution in [2.75, 3.05) is 17.2 Å². The minimum absolute atomic E-state index is 0.0131. The fourth-order valence-electron chi connectivity index (χ4n) is 1.65. The Kier molecular flexibility index (Phi) is 4.89. The van der Waals surface area contributed by atoms with Crippen LogP contribution in [0.1, 0.15) is 0 Å². The van der Waals surface area contributed by atoms with Crippen molar-refractivity contribution >= 4 is 38.9 Å². The summed E-state index contributed by atoms with van der Waals surface area (Å²) in [4.78, 5) is 21.8. The summed E-state index contributed by atoms with van der Waals surface area (Å²) in [5.74, 6) is -0.202. The van der Waals surface area contributed by atoms with Gasteiger partial charge in [0.05, 0.1) is 11.5 Å². The number of hydrogen-bond acceptors (Lipinski definition) is 4. The Labute approximate surface area is 129 Å². The molecule has 0 radical (unpaired) electrons. The highest BCUT2D eigenvalue weighted by Crippen LogP contribution is 2.16. The summed E-state index contributed by atoms with van der Waals surface area (Å²) in [5, 5.41) is 16.2. The maximum absolute atomic E-state index is 11.8. The molecule has 0 aromatic heterocycles. The van der Waals surface area contributed by atoms with Crippen molar-refractivity contribution in [3.8, 4) is 0 Å². The van der Waals surface area contributed by atoms with E-state index in [9.17, 15) is 14.9 Å². The molecule has 0 unspecified atom stereocenters. The largest absolute Gasteiger partial charge is 0.376 e. The molecule has 0 aliphatic heterocycles. The van der Waals surface area contributed by atoms with Crippen LogP contribution in [0.5, 0.6) is 0 Å². The van der Waals surface area contributed by atoms with Gasteiger partial charge < -0.3 is 10.6 Å². The van der Waals surface area contributed by atoms with E-state index in [0.29, 0.717) is 11.4 Å². The molecule has 2 aromatic rings. The summed E-state index contributed by atoms with van der Waals surface area (Å²) >= 11 is 3.32. The zero-order valence-electron chi connectivity index (χ0n) is 10.9. The molecule has 2 rings (SSSR count). The SMILES string of the molecule is O=C(CNc1ccc([N+](=O)[O-])cc1)Nc1cccc(Br)c1. The standard InChI is InChI=1S/C14H12BrN3O3/c15-10-2-1-3-12(8-10)17-14(19)9-16-11-4-6-13(7-5-11)18(20)21/h1-8,16H,9H2,(H,17,19). The predicted molar refractivity (Wildman–Crippen MR) is 84.4 cm³/mol. The molecule has 0 bridgehead atoms. The fourth-order valence-corrected chi connectivity index (χ4v) is 2.05. The number of nitrogens with one attached hydrogen (secondary N) is 2. The molecule has 0 fully saturated rings. The number of anilines is 2. The number of carbonyl (C=O) groups excluding carboxylic acids is 1. The second-order valence-corrected chi connectivity index (χ2v) is 5.13. The van der Waals surface area contributed by atoms with Gasteiger partial charge in [0.15, 0.2) is 0 Å². The van der Waals surface area contributed by atoms with Crippen LogP contribution in [-0.4, -0.2) is 17.4 Å². The lowest BCUT2D eigenvalue weighted by Crippen LogP contribution is -2.21. The van der Waals surface area contributed by atoms with E-state index >= 15 is 0 Å². The van der Waals surface area contributed by atoms with Crippen molar-refractivity contribution in [1.82, 2.24) is 0 Å². The molecule has 0 heterocycles. The highest BCUT2D eigenvalue weighted by molar-refractivity contribution is 9.10. The zero-order valence-corrected chi connectivity index (χ0v) is 12.5. The molecule has 0 saturated carbocycles. The first-order chi connectivity index (χ1) is 10.0. The third-order valence-electron chi connectivity index (χ3n) is 2.64. The zero-order chi connectivity index (χ0) is 15.2. The maximum atomic E-state index is 11.8. The van der Waals surface area contributed by atoms with Crippen LogP contribution < -0.4 is 10.6 Å². The Balaban J connectivity index is 1.87. The van der Waals surface area contributed by atoms with Gasteiger partial charge in [-0.1, -0.05) is 22.0 Å². The van der Waals surface area contributed by atoms with Gasteiger partial charge in [0, 0.05) is 28.0 Å². The number of amides is 1. The molecule has 108 valence electrons. The van der Waals surface area contributed by atoms with E-state index in [0.717, 1.165) is 4.47 Å². The molecule has 1 amide bonds. The molecule has 0 atom stereocenters. The molecule has 0 spiro atoms. The summed E-state index contributed by atoms with van der Waals surface area (Å²) in [6.07, 6.45) is 0. The lowest BCUT2D eigenvalue weighted by molar-refractivity contribution is -0.384. The average Bonchev–Trinajstić information content (AvgIpc) is 2.45. The van der Waals surface area contributed by atoms with E-state index in [2.05, 4.69) is 26.6 Å². The molecule has 2 aromatic carbocycles. The molecular weight excluding hydrogens is 338 g/mol. The first kappa shape index (κ1) is 15.0. The summed E-state index contributed by atoms with van der Waals surface area (Å²) in [6, 6.07) is 13.2. The van der Waals surface area contributed by atoms with Crippen molar-refractivity contribution in [1.29, 1.82) is 0 Å². The highest BCUT2D eigenvalue weighted by Gasteiger charge is 2.05. The Morgan fingerprint density at radius 1 is 1.14 bits per heavy atom. The van der Waals surface area contributed by atoms with Gasteiger partial charge >= 0.3 is 0 Å². The van der Waals surface area contributed by atoms with Gasteiger partial charge in [-0.2, -0.15) is 0 Å². The maximum Gasteiger partial charge on any atom is 0.269 e. The van der Waals surface area contributed by atoms with Crippen molar-refractivity contribution in [2.45, 2.75) is 0 Å². The van der Waals surface area contributed by atoms with E-state index < -0.39 is 4.92 Å². The van der Waals surface area contributed by atoms with Crippen LogP contribution in [0.15, 0.2) is 53.0 Å². The number of non-ortho nitro benzene ring substituents is 1. The molecule has 2 N–H and O–H groups in total. The van der Waals surface area contributed by atoms with Gasteiger partial charge in [-0.15, -0.1) is 0 Å². The quantitative estimate of drug-likeness (QED) is 0.639. The number of carbonyl (C=O) groups is 1. The minimum Gasteiger partial charge on any atom is -0.376 e. The smallest absolute Gasteiger partial charge is 0.269 e. The Morgan fingerprint density at radius 3 is 2.48 bits per heavy atom. The number of rotatable bonds is 5. The highest BCUT2D eigenvalue weighted by atomic mass is 79.9. The molecule has 7 heteroatoms. The lowest BCUT2D eigenvalue weighted by Gasteiger charge is -2.08. The molecular formula is C14H12BrN3O3. The Hall–Kier alpha value is -2.41.